The quantitative estimate of drug-likeness (QED) is 0.456. The first-order chi connectivity index (χ1) is 15.4. The number of carbonyl (C=O) groups excluding carboxylic acids is 2. The first-order valence-corrected chi connectivity index (χ1v) is 10.6. The number of methoxy groups -OCH3 is 1. The third-order valence-corrected chi connectivity index (χ3v) is 5.65. The maximum atomic E-state index is 12.9. The summed E-state index contributed by atoms with van der Waals surface area (Å²) in [5.74, 6) is 1.55. The van der Waals surface area contributed by atoms with E-state index in [-0.39, 0.29) is 18.1 Å². The maximum absolute atomic E-state index is 12.9. The van der Waals surface area contributed by atoms with Gasteiger partial charge in [0.2, 0.25) is 0 Å². The standard InChI is InChI=1S/C23H19ClN2O5S/c1-4-9-31-20-17(24)10-14(11-18(20)30-3)12-19-21(27)26(5-2)23(32-19)25-16-8-6-7-15(13-16)22(28)29/h1,6-8,10-13H,5,9H2,2-3H3,(H,28,29)/p-1/b19-12-,25-23?. The van der Waals surface area contributed by atoms with Crippen LogP contribution in [0.15, 0.2) is 46.3 Å². The van der Waals surface area contributed by atoms with Crippen LogP contribution in [0.5, 0.6) is 11.5 Å². The molecule has 164 valence electrons. The number of hydrogen-bond acceptors (Lipinski definition) is 7. The van der Waals surface area contributed by atoms with Crippen molar-refractivity contribution in [2.75, 3.05) is 20.3 Å². The molecule has 3 rings (SSSR count). The van der Waals surface area contributed by atoms with Crippen LogP contribution in [0.25, 0.3) is 6.08 Å². The Morgan fingerprint density at radius 2 is 2.16 bits per heavy atom. The Labute approximate surface area is 194 Å². The van der Waals surface area contributed by atoms with Gasteiger partial charge in [-0.2, -0.15) is 0 Å². The summed E-state index contributed by atoms with van der Waals surface area (Å²) in [5, 5.41) is 11.8. The molecular formula is C23H18ClN2O5S-. The molecule has 1 heterocycles. The molecule has 32 heavy (non-hydrogen) atoms. The molecule has 1 fully saturated rings. The van der Waals surface area contributed by atoms with Crippen LogP contribution in [-0.4, -0.2) is 42.2 Å². The fraction of sp³-hybridized carbons (Fsp3) is 0.174. The molecule has 0 N–H and O–H groups in total. The number of carbonyl (C=O) groups is 2. The highest BCUT2D eigenvalue weighted by Gasteiger charge is 2.32. The number of likely N-dealkylation sites (N-methyl/N-ethyl adjacent to an activating group) is 1. The van der Waals surface area contributed by atoms with Gasteiger partial charge in [-0.3, -0.25) is 9.69 Å². The number of carboxylic acids is 1. The van der Waals surface area contributed by atoms with Crippen LogP contribution in [0.2, 0.25) is 5.02 Å². The Hall–Kier alpha value is -3.41. The molecule has 1 amide bonds. The van der Waals surface area contributed by atoms with Crippen LogP contribution in [0.4, 0.5) is 5.69 Å². The molecule has 2 aromatic carbocycles. The SMILES string of the molecule is C#CCOc1c(Cl)cc(/C=C2\SC(=Nc3cccc(C(=O)[O-])c3)N(CC)C2=O)cc1OC. The number of hydrogen-bond donors (Lipinski definition) is 0. The van der Waals surface area contributed by atoms with Gasteiger partial charge in [-0.25, -0.2) is 4.99 Å². The molecule has 1 aliphatic rings. The van der Waals surface area contributed by atoms with Crippen LogP contribution < -0.4 is 14.6 Å². The summed E-state index contributed by atoms with van der Waals surface area (Å²) >= 11 is 7.50. The third kappa shape index (κ3) is 5.07. The zero-order chi connectivity index (χ0) is 23.3. The summed E-state index contributed by atoms with van der Waals surface area (Å²) in [5.41, 5.74) is 1.04. The summed E-state index contributed by atoms with van der Waals surface area (Å²) in [6.07, 6.45) is 6.91. The number of terminal acetylenes is 1. The van der Waals surface area contributed by atoms with Gasteiger partial charge in [0.05, 0.1) is 28.7 Å². The average Bonchev–Trinajstić information content (AvgIpc) is 3.06. The van der Waals surface area contributed by atoms with E-state index < -0.39 is 5.97 Å². The van der Waals surface area contributed by atoms with Crippen molar-refractivity contribution in [2.45, 2.75) is 6.92 Å². The Bertz CT molecular complexity index is 1170. The molecule has 9 heteroatoms. The Morgan fingerprint density at radius 1 is 1.38 bits per heavy atom. The van der Waals surface area contributed by atoms with E-state index in [1.165, 1.54) is 35.9 Å². The van der Waals surface area contributed by atoms with Gasteiger partial charge in [0, 0.05) is 6.54 Å². The molecule has 0 saturated carbocycles. The molecule has 1 aliphatic heterocycles. The number of ether oxygens (including phenoxy) is 2. The number of amides is 1. The predicted molar refractivity (Wildman–Crippen MR) is 123 cm³/mol. The lowest BCUT2D eigenvalue weighted by molar-refractivity contribution is -0.255. The molecule has 2 aromatic rings. The predicted octanol–water partition coefficient (Wildman–Crippen LogP) is 3.35. The second-order valence-corrected chi connectivity index (χ2v) is 7.84. The molecule has 0 spiro atoms. The van der Waals surface area contributed by atoms with Crippen molar-refractivity contribution in [1.29, 1.82) is 0 Å². The second kappa shape index (κ2) is 10.3. The minimum Gasteiger partial charge on any atom is -0.545 e. The van der Waals surface area contributed by atoms with Crippen molar-refractivity contribution in [3.05, 3.63) is 57.5 Å². The molecule has 0 bridgehead atoms. The Morgan fingerprint density at radius 3 is 2.81 bits per heavy atom. The van der Waals surface area contributed by atoms with E-state index in [1.807, 2.05) is 6.92 Å². The highest BCUT2D eigenvalue weighted by atomic mass is 35.5. The zero-order valence-corrected chi connectivity index (χ0v) is 18.8. The fourth-order valence-electron chi connectivity index (χ4n) is 2.91. The van der Waals surface area contributed by atoms with Crippen LogP contribution in [0, 0.1) is 12.3 Å². The number of nitrogens with zero attached hydrogens (tertiary/aromatic N) is 2. The van der Waals surface area contributed by atoms with Gasteiger partial charge < -0.3 is 19.4 Å². The van der Waals surface area contributed by atoms with Crippen molar-refractivity contribution in [1.82, 2.24) is 4.90 Å². The molecule has 0 aliphatic carbocycles. The molecule has 0 atom stereocenters. The van der Waals surface area contributed by atoms with E-state index in [4.69, 9.17) is 27.5 Å². The lowest BCUT2D eigenvalue weighted by Gasteiger charge is -2.12. The summed E-state index contributed by atoms with van der Waals surface area (Å²) in [7, 11) is 1.48. The number of carboxylic acid groups (broad SMARTS) is 1. The van der Waals surface area contributed by atoms with Crippen LogP contribution in [0.3, 0.4) is 0 Å². The number of rotatable bonds is 7. The van der Waals surface area contributed by atoms with Crippen molar-refractivity contribution in [2.24, 2.45) is 4.99 Å². The van der Waals surface area contributed by atoms with Gasteiger partial charge in [0.15, 0.2) is 16.7 Å². The maximum Gasteiger partial charge on any atom is 0.266 e. The van der Waals surface area contributed by atoms with Gasteiger partial charge in [-0.15, -0.1) is 6.42 Å². The molecule has 0 unspecified atom stereocenters. The van der Waals surface area contributed by atoms with E-state index in [9.17, 15) is 14.7 Å². The van der Waals surface area contributed by atoms with Gasteiger partial charge in [0.25, 0.3) is 5.91 Å². The van der Waals surface area contributed by atoms with E-state index in [0.717, 1.165) is 0 Å². The van der Waals surface area contributed by atoms with E-state index >= 15 is 0 Å². The van der Waals surface area contributed by atoms with E-state index in [0.29, 0.717) is 44.4 Å². The van der Waals surface area contributed by atoms with Gasteiger partial charge >= 0.3 is 0 Å². The highest BCUT2D eigenvalue weighted by molar-refractivity contribution is 8.18. The van der Waals surface area contributed by atoms with Crippen molar-refractivity contribution >= 4 is 52.2 Å². The fourth-order valence-corrected chi connectivity index (χ4v) is 4.25. The largest absolute Gasteiger partial charge is 0.545 e. The van der Waals surface area contributed by atoms with Crippen LogP contribution in [0.1, 0.15) is 22.8 Å². The van der Waals surface area contributed by atoms with Crippen LogP contribution >= 0.6 is 23.4 Å². The lowest BCUT2D eigenvalue weighted by atomic mass is 10.1. The average molecular weight is 470 g/mol. The summed E-state index contributed by atoms with van der Waals surface area (Å²) in [4.78, 5) is 30.4. The number of benzene rings is 2. The number of halogens is 1. The molecule has 0 aromatic heterocycles. The minimum atomic E-state index is -1.30. The topological polar surface area (TPSA) is 91.3 Å². The zero-order valence-electron chi connectivity index (χ0n) is 17.3. The molecule has 0 radical (unpaired) electrons. The van der Waals surface area contributed by atoms with Crippen molar-refractivity contribution < 1.29 is 24.2 Å². The lowest BCUT2D eigenvalue weighted by Crippen LogP contribution is -2.28. The summed E-state index contributed by atoms with van der Waals surface area (Å²) in [6, 6.07) is 9.36. The van der Waals surface area contributed by atoms with Crippen molar-refractivity contribution in [3.8, 4) is 23.8 Å². The smallest absolute Gasteiger partial charge is 0.266 e. The number of amidine groups is 1. The summed E-state index contributed by atoms with van der Waals surface area (Å²) < 4.78 is 10.8. The van der Waals surface area contributed by atoms with Crippen LogP contribution in [-0.2, 0) is 4.79 Å². The summed E-state index contributed by atoms with van der Waals surface area (Å²) in [6.45, 7) is 2.26. The highest BCUT2D eigenvalue weighted by Crippen LogP contribution is 2.39. The third-order valence-electron chi connectivity index (χ3n) is 4.36. The first kappa shape index (κ1) is 23.3. The Balaban J connectivity index is 1.95. The second-order valence-electron chi connectivity index (χ2n) is 6.42. The van der Waals surface area contributed by atoms with Crippen molar-refractivity contribution in [3.63, 3.8) is 0 Å². The monoisotopic (exact) mass is 469 g/mol. The Kier molecular flexibility index (Phi) is 7.46. The number of thioether (sulfide) groups is 1. The molecular weight excluding hydrogens is 452 g/mol. The number of aliphatic imine (C=N–C) groups is 1. The van der Waals surface area contributed by atoms with Gasteiger partial charge in [0.1, 0.15) is 6.61 Å². The molecule has 1 saturated heterocycles. The first-order valence-electron chi connectivity index (χ1n) is 9.43. The number of aromatic carboxylic acids is 1. The van der Waals surface area contributed by atoms with Gasteiger partial charge in [-0.1, -0.05) is 29.7 Å². The van der Waals surface area contributed by atoms with Gasteiger partial charge in [-0.05, 0) is 60.2 Å². The van der Waals surface area contributed by atoms with E-state index in [1.54, 1.807) is 30.3 Å². The molecule has 7 nitrogen and oxygen atoms in total. The normalized spacial score (nSPS) is 15.8. The van der Waals surface area contributed by atoms with E-state index in [2.05, 4.69) is 10.9 Å². The minimum absolute atomic E-state index is 0.00821.